The second-order valence-corrected chi connectivity index (χ2v) is 5.25. The Labute approximate surface area is 103 Å². The molecule has 0 bridgehead atoms. The summed E-state index contributed by atoms with van der Waals surface area (Å²) in [7, 11) is 0. The molecule has 1 saturated heterocycles. The molecule has 2 atom stereocenters. The lowest BCUT2D eigenvalue weighted by molar-refractivity contribution is 0.101. The number of benzene rings is 1. The van der Waals surface area contributed by atoms with Crippen LogP contribution in [0.15, 0.2) is 24.3 Å². The van der Waals surface area contributed by atoms with Gasteiger partial charge in [-0.15, -0.1) is 0 Å². The summed E-state index contributed by atoms with van der Waals surface area (Å²) in [6.07, 6.45) is 8.02. The molecule has 2 nitrogen and oxygen atoms in total. The van der Waals surface area contributed by atoms with Crippen molar-refractivity contribution >= 4 is 5.69 Å². The van der Waals surface area contributed by atoms with Crippen LogP contribution < -0.4 is 5.32 Å². The minimum atomic E-state index is 0.536. The molecule has 2 aliphatic heterocycles. The Morgan fingerprint density at radius 1 is 1.18 bits per heavy atom. The molecule has 3 rings (SSSR count). The third-order valence-corrected chi connectivity index (χ3v) is 4.00. The van der Waals surface area contributed by atoms with Gasteiger partial charge in [-0.3, -0.25) is 0 Å². The minimum Gasteiger partial charge on any atom is -0.382 e. The fraction of sp³-hybridized carbons (Fsp3) is 0.600. The van der Waals surface area contributed by atoms with Gasteiger partial charge in [0.25, 0.3) is 0 Å². The first-order valence-electron chi connectivity index (χ1n) is 6.88. The van der Waals surface area contributed by atoms with Gasteiger partial charge in [0.15, 0.2) is 0 Å². The quantitative estimate of drug-likeness (QED) is 0.861. The topological polar surface area (TPSA) is 21.3 Å². The summed E-state index contributed by atoms with van der Waals surface area (Å²) in [6, 6.07) is 9.34. The zero-order valence-electron chi connectivity index (χ0n) is 10.3. The summed E-state index contributed by atoms with van der Waals surface area (Å²) >= 11 is 0. The fourth-order valence-corrected chi connectivity index (χ4v) is 2.98. The van der Waals surface area contributed by atoms with Crippen LogP contribution in [0.3, 0.4) is 0 Å². The van der Waals surface area contributed by atoms with Gasteiger partial charge in [-0.25, -0.2) is 0 Å². The normalized spacial score (nSPS) is 27.5. The summed E-state index contributed by atoms with van der Waals surface area (Å²) in [5, 5.41) is 3.67. The SMILES string of the molecule is c1ccc2c(c1)CCC(CCC1CCCO1)N2. The lowest BCUT2D eigenvalue weighted by Crippen LogP contribution is -2.26. The lowest BCUT2D eigenvalue weighted by atomic mass is 9.94. The molecule has 0 radical (unpaired) electrons. The van der Waals surface area contributed by atoms with Gasteiger partial charge in [0.05, 0.1) is 6.10 Å². The van der Waals surface area contributed by atoms with Gasteiger partial charge in [-0.05, 0) is 50.2 Å². The van der Waals surface area contributed by atoms with Gasteiger partial charge in [-0.1, -0.05) is 18.2 Å². The Morgan fingerprint density at radius 3 is 3.00 bits per heavy atom. The van der Waals surface area contributed by atoms with E-state index < -0.39 is 0 Å². The standard InChI is InChI=1S/C15H21NO/c1-2-6-15-12(4-1)7-8-13(16-15)9-10-14-5-3-11-17-14/h1-2,4,6,13-14,16H,3,5,7-11H2. The third-order valence-electron chi connectivity index (χ3n) is 4.00. The van der Waals surface area contributed by atoms with E-state index in [0.29, 0.717) is 12.1 Å². The highest BCUT2D eigenvalue weighted by molar-refractivity contribution is 5.53. The number of hydrogen-bond donors (Lipinski definition) is 1. The van der Waals surface area contributed by atoms with Gasteiger partial charge in [0, 0.05) is 18.3 Å². The molecule has 0 aromatic heterocycles. The molecule has 1 fully saturated rings. The number of hydrogen-bond acceptors (Lipinski definition) is 2. The molecule has 0 spiro atoms. The van der Waals surface area contributed by atoms with Crippen molar-refractivity contribution in [3.05, 3.63) is 29.8 Å². The molecule has 2 unspecified atom stereocenters. The Bertz CT molecular complexity index is 371. The van der Waals surface area contributed by atoms with Crippen LogP contribution in [0, 0.1) is 0 Å². The van der Waals surface area contributed by atoms with Gasteiger partial charge < -0.3 is 10.1 Å². The molecular formula is C15H21NO. The van der Waals surface area contributed by atoms with Crippen LogP contribution in [0.2, 0.25) is 0 Å². The predicted octanol–water partition coefficient (Wildman–Crippen LogP) is 3.37. The van der Waals surface area contributed by atoms with Crippen LogP contribution in [0.25, 0.3) is 0 Å². The number of anilines is 1. The predicted molar refractivity (Wildman–Crippen MR) is 70.4 cm³/mol. The van der Waals surface area contributed by atoms with Crippen LogP contribution in [0.1, 0.15) is 37.7 Å². The van der Waals surface area contributed by atoms with Crippen molar-refractivity contribution in [1.29, 1.82) is 0 Å². The number of ether oxygens (including phenoxy) is 1. The second kappa shape index (κ2) is 5.09. The summed E-state index contributed by atoms with van der Waals surface area (Å²) in [5.74, 6) is 0. The first-order valence-corrected chi connectivity index (χ1v) is 6.88. The van der Waals surface area contributed by atoms with Gasteiger partial charge >= 0.3 is 0 Å². The van der Waals surface area contributed by atoms with Crippen LogP contribution in [0.5, 0.6) is 0 Å². The Hall–Kier alpha value is -1.02. The molecule has 1 N–H and O–H groups in total. The average molecular weight is 231 g/mol. The van der Waals surface area contributed by atoms with E-state index in [1.54, 1.807) is 0 Å². The van der Waals surface area contributed by atoms with Crippen molar-refractivity contribution in [2.45, 2.75) is 50.7 Å². The van der Waals surface area contributed by atoms with E-state index in [1.807, 2.05) is 0 Å². The smallest absolute Gasteiger partial charge is 0.0576 e. The number of rotatable bonds is 3. The van der Waals surface area contributed by atoms with Gasteiger partial charge in [0.1, 0.15) is 0 Å². The van der Waals surface area contributed by atoms with Crippen LogP contribution >= 0.6 is 0 Å². The molecule has 92 valence electrons. The van der Waals surface area contributed by atoms with E-state index in [2.05, 4.69) is 29.6 Å². The van der Waals surface area contributed by atoms with E-state index in [-0.39, 0.29) is 0 Å². The van der Waals surface area contributed by atoms with Crippen molar-refractivity contribution in [2.24, 2.45) is 0 Å². The molecule has 2 heterocycles. The maximum atomic E-state index is 5.69. The molecule has 2 aliphatic rings. The lowest BCUT2D eigenvalue weighted by Gasteiger charge is -2.27. The molecule has 1 aromatic carbocycles. The highest BCUT2D eigenvalue weighted by Crippen LogP contribution is 2.27. The number of para-hydroxylation sites is 1. The fourth-order valence-electron chi connectivity index (χ4n) is 2.98. The zero-order valence-corrected chi connectivity index (χ0v) is 10.3. The van der Waals surface area contributed by atoms with Crippen LogP contribution in [-0.2, 0) is 11.2 Å². The van der Waals surface area contributed by atoms with Crippen molar-refractivity contribution in [2.75, 3.05) is 11.9 Å². The average Bonchev–Trinajstić information content (AvgIpc) is 2.89. The first-order chi connectivity index (χ1) is 8.42. The molecule has 17 heavy (non-hydrogen) atoms. The maximum Gasteiger partial charge on any atom is 0.0576 e. The zero-order chi connectivity index (χ0) is 11.5. The van der Waals surface area contributed by atoms with Crippen LogP contribution in [0.4, 0.5) is 5.69 Å². The number of aryl methyl sites for hydroxylation is 1. The number of nitrogens with one attached hydrogen (secondary N) is 1. The van der Waals surface area contributed by atoms with E-state index in [9.17, 15) is 0 Å². The molecule has 2 heteroatoms. The van der Waals surface area contributed by atoms with Gasteiger partial charge in [-0.2, -0.15) is 0 Å². The van der Waals surface area contributed by atoms with E-state index in [4.69, 9.17) is 4.74 Å². The second-order valence-electron chi connectivity index (χ2n) is 5.25. The van der Waals surface area contributed by atoms with E-state index in [1.165, 1.54) is 49.8 Å². The summed E-state index contributed by atoms with van der Waals surface area (Å²) in [5.41, 5.74) is 2.82. The largest absolute Gasteiger partial charge is 0.382 e. The highest BCUT2D eigenvalue weighted by atomic mass is 16.5. The van der Waals surface area contributed by atoms with Crippen LogP contribution in [-0.4, -0.2) is 18.8 Å². The Morgan fingerprint density at radius 2 is 2.12 bits per heavy atom. The monoisotopic (exact) mass is 231 g/mol. The Kier molecular flexibility index (Phi) is 3.32. The van der Waals surface area contributed by atoms with E-state index in [0.717, 1.165) is 6.61 Å². The van der Waals surface area contributed by atoms with Crippen molar-refractivity contribution < 1.29 is 4.74 Å². The molecular weight excluding hydrogens is 210 g/mol. The molecule has 0 amide bonds. The first kappa shape index (κ1) is 11.1. The van der Waals surface area contributed by atoms with E-state index >= 15 is 0 Å². The minimum absolute atomic E-state index is 0.536. The Balaban J connectivity index is 1.53. The van der Waals surface area contributed by atoms with Crippen molar-refractivity contribution in [3.8, 4) is 0 Å². The summed E-state index contributed by atoms with van der Waals surface area (Å²) < 4.78 is 5.69. The molecule has 1 aromatic rings. The molecule has 0 aliphatic carbocycles. The maximum absolute atomic E-state index is 5.69. The summed E-state index contributed by atoms with van der Waals surface area (Å²) in [6.45, 7) is 0.978. The third kappa shape index (κ3) is 2.63. The number of fused-ring (bicyclic) bond motifs is 1. The molecule has 0 saturated carbocycles. The van der Waals surface area contributed by atoms with Gasteiger partial charge in [0.2, 0.25) is 0 Å². The highest BCUT2D eigenvalue weighted by Gasteiger charge is 2.20. The summed E-state index contributed by atoms with van der Waals surface area (Å²) in [4.78, 5) is 0. The van der Waals surface area contributed by atoms with Crippen molar-refractivity contribution in [1.82, 2.24) is 0 Å². The van der Waals surface area contributed by atoms with Crippen molar-refractivity contribution in [3.63, 3.8) is 0 Å².